The highest BCUT2D eigenvalue weighted by Gasteiger charge is 2.26. The van der Waals surface area contributed by atoms with E-state index >= 15 is 0 Å². The lowest BCUT2D eigenvalue weighted by Gasteiger charge is -2.24. The molecule has 0 amide bonds. The van der Waals surface area contributed by atoms with Crippen LogP contribution < -0.4 is 14.4 Å². The molecule has 1 aliphatic rings. The summed E-state index contributed by atoms with van der Waals surface area (Å²) in [7, 11) is 1.65. The summed E-state index contributed by atoms with van der Waals surface area (Å²) in [6.45, 7) is 5.95. The first-order chi connectivity index (χ1) is 11.8. The Bertz CT molecular complexity index is 920. The Balaban J connectivity index is 2.08. The molecule has 122 valence electrons. The van der Waals surface area contributed by atoms with E-state index in [2.05, 4.69) is 18.7 Å². The topological polar surface area (TPSA) is 47.5 Å². The van der Waals surface area contributed by atoms with Crippen molar-refractivity contribution in [3.8, 4) is 28.5 Å². The average molecular weight is 321 g/mol. The molecule has 4 rings (SSSR count). The standard InChI is InChI=1S/C19H19N3O2/c1-4-22(5-2)19-20-13-10-11-15(23-3)18-16(13)17(21-19)12-8-6-7-9-14(12)24-18/h6-11H,4-5H2,1-3H3. The lowest BCUT2D eigenvalue weighted by atomic mass is 10.0. The molecule has 0 saturated carbocycles. The summed E-state index contributed by atoms with van der Waals surface area (Å²) in [5, 5.41) is 0.906. The second-order valence-corrected chi connectivity index (χ2v) is 5.63. The molecule has 0 fully saturated rings. The van der Waals surface area contributed by atoms with E-state index in [9.17, 15) is 0 Å². The number of methoxy groups -OCH3 is 1. The minimum atomic E-state index is 0.690. The number of hydrogen-bond donors (Lipinski definition) is 0. The van der Waals surface area contributed by atoms with Gasteiger partial charge in [-0.25, -0.2) is 9.97 Å². The van der Waals surface area contributed by atoms with E-state index in [0.29, 0.717) is 11.5 Å². The highest BCUT2D eigenvalue weighted by atomic mass is 16.5. The van der Waals surface area contributed by atoms with Crippen LogP contribution in [0.1, 0.15) is 13.8 Å². The van der Waals surface area contributed by atoms with E-state index < -0.39 is 0 Å². The lowest BCUT2D eigenvalue weighted by molar-refractivity contribution is 0.381. The minimum absolute atomic E-state index is 0.690. The molecule has 0 aliphatic carbocycles. The van der Waals surface area contributed by atoms with Crippen molar-refractivity contribution in [3.05, 3.63) is 36.4 Å². The number of rotatable bonds is 4. The van der Waals surface area contributed by atoms with Crippen molar-refractivity contribution in [2.45, 2.75) is 13.8 Å². The van der Waals surface area contributed by atoms with E-state index in [-0.39, 0.29) is 0 Å². The van der Waals surface area contributed by atoms with Crippen LogP contribution in [0.3, 0.4) is 0 Å². The molecule has 2 heterocycles. The van der Waals surface area contributed by atoms with E-state index in [4.69, 9.17) is 19.4 Å². The number of aromatic nitrogens is 2. The van der Waals surface area contributed by atoms with Gasteiger partial charge in [0.05, 0.1) is 23.7 Å². The normalized spacial score (nSPS) is 11.8. The fraction of sp³-hybridized carbons (Fsp3) is 0.263. The second-order valence-electron chi connectivity index (χ2n) is 5.63. The molecule has 5 nitrogen and oxygen atoms in total. The number of para-hydroxylation sites is 1. The molecule has 0 unspecified atom stereocenters. The zero-order valence-corrected chi connectivity index (χ0v) is 14.0. The number of fused-ring (bicyclic) bond motifs is 2. The molecular formula is C19H19N3O2. The molecule has 0 radical (unpaired) electrons. The van der Waals surface area contributed by atoms with E-state index in [0.717, 1.165) is 46.9 Å². The van der Waals surface area contributed by atoms with Gasteiger partial charge in [-0.3, -0.25) is 0 Å². The Kier molecular flexibility index (Phi) is 3.49. The number of hydrogen-bond acceptors (Lipinski definition) is 5. The van der Waals surface area contributed by atoms with Gasteiger partial charge in [0.2, 0.25) is 5.95 Å². The summed E-state index contributed by atoms with van der Waals surface area (Å²) >= 11 is 0. The second kappa shape index (κ2) is 5.67. The first-order valence-electron chi connectivity index (χ1n) is 8.17. The number of nitrogens with zero attached hydrogens (tertiary/aromatic N) is 3. The summed E-state index contributed by atoms with van der Waals surface area (Å²) < 4.78 is 11.6. The molecule has 0 bridgehead atoms. The van der Waals surface area contributed by atoms with Gasteiger partial charge in [-0.05, 0) is 38.1 Å². The van der Waals surface area contributed by atoms with Crippen LogP contribution in [-0.2, 0) is 0 Å². The van der Waals surface area contributed by atoms with Crippen LogP contribution in [0.2, 0.25) is 0 Å². The molecule has 0 atom stereocenters. The third-order valence-electron chi connectivity index (χ3n) is 4.39. The molecule has 0 spiro atoms. The first-order valence-corrected chi connectivity index (χ1v) is 8.17. The number of benzene rings is 2. The van der Waals surface area contributed by atoms with Crippen molar-refractivity contribution >= 4 is 16.9 Å². The summed E-state index contributed by atoms with van der Waals surface area (Å²) in [6, 6.07) is 11.8. The van der Waals surface area contributed by atoms with Gasteiger partial charge in [0, 0.05) is 18.7 Å². The monoisotopic (exact) mass is 321 g/mol. The van der Waals surface area contributed by atoms with Crippen LogP contribution >= 0.6 is 0 Å². The van der Waals surface area contributed by atoms with E-state index in [1.807, 2.05) is 36.4 Å². The SMILES string of the molecule is CCN(CC)c1nc2c3c(c(OC)ccc3n1)Oc1ccccc1-2. The quantitative estimate of drug-likeness (QED) is 0.562. The fourth-order valence-corrected chi connectivity index (χ4v) is 3.13. The minimum Gasteiger partial charge on any atom is -0.493 e. The van der Waals surface area contributed by atoms with Crippen LogP contribution in [0, 0.1) is 0 Å². The van der Waals surface area contributed by atoms with E-state index in [1.165, 1.54) is 0 Å². The van der Waals surface area contributed by atoms with Crippen molar-refractivity contribution in [2.24, 2.45) is 0 Å². The third-order valence-corrected chi connectivity index (χ3v) is 4.39. The Hall–Kier alpha value is -2.82. The Labute approximate surface area is 140 Å². The maximum absolute atomic E-state index is 6.11. The van der Waals surface area contributed by atoms with Crippen LogP contribution in [0.25, 0.3) is 22.2 Å². The lowest BCUT2D eigenvalue weighted by Crippen LogP contribution is -2.24. The summed E-state index contributed by atoms with van der Waals surface area (Å²) in [6.07, 6.45) is 0. The van der Waals surface area contributed by atoms with Gasteiger partial charge < -0.3 is 14.4 Å². The molecule has 0 N–H and O–H groups in total. The van der Waals surface area contributed by atoms with Gasteiger partial charge in [0.25, 0.3) is 0 Å². The predicted molar refractivity (Wildman–Crippen MR) is 95.2 cm³/mol. The zero-order chi connectivity index (χ0) is 16.7. The third kappa shape index (κ3) is 2.08. The highest BCUT2D eigenvalue weighted by molar-refractivity contribution is 6.02. The Morgan fingerprint density at radius 2 is 1.83 bits per heavy atom. The Morgan fingerprint density at radius 1 is 1.04 bits per heavy atom. The summed E-state index contributed by atoms with van der Waals surface area (Å²) in [5.41, 5.74) is 2.75. The summed E-state index contributed by atoms with van der Waals surface area (Å²) in [4.78, 5) is 11.8. The van der Waals surface area contributed by atoms with Gasteiger partial charge >= 0.3 is 0 Å². The van der Waals surface area contributed by atoms with Crippen LogP contribution in [0.5, 0.6) is 17.2 Å². The van der Waals surface area contributed by atoms with Crippen LogP contribution in [0.4, 0.5) is 5.95 Å². The van der Waals surface area contributed by atoms with Crippen molar-refractivity contribution in [3.63, 3.8) is 0 Å². The molecular weight excluding hydrogens is 302 g/mol. The molecule has 3 aromatic rings. The summed E-state index contributed by atoms with van der Waals surface area (Å²) in [5.74, 6) is 2.92. The average Bonchev–Trinajstić information content (AvgIpc) is 2.63. The molecule has 2 aromatic carbocycles. The van der Waals surface area contributed by atoms with Crippen LogP contribution in [-0.4, -0.2) is 30.2 Å². The molecule has 0 saturated heterocycles. The van der Waals surface area contributed by atoms with Crippen LogP contribution in [0.15, 0.2) is 36.4 Å². The number of anilines is 1. The fourth-order valence-electron chi connectivity index (χ4n) is 3.13. The maximum Gasteiger partial charge on any atom is 0.226 e. The van der Waals surface area contributed by atoms with E-state index in [1.54, 1.807) is 7.11 Å². The molecule has 1 aliphatic heterocycles. The number of ether oxygens (including phenoxy) is 2. The molecule has 5 heteroatoms. The van der Waals surface area contributed by atoms with Gasteiger partial charge in [-0.1, -0.05) is 12.1 Å². The molecule has 1 aromatic heterocycles. The van der Waals surface area contributed by atoms with Crippen molar-refractivity contribution in [1.82, 2.24) is 9.97 Å². The first kappa shape index (κ1) is 14.8. The van der Waals surface area contributed by atoms with Crippen molar-refractivity contribution in [2.75, 3.05) is 25.1 Å². The van der Waals surface area contributed by atoms with Crippen molar-refractivity contribution < 1.29 is 9.47 Å². The maximum atomic E-state index is 6.11. The van der Waals surface area contributed by atoms with Gasteiger partial charge in [0.15, 0.2) is 11.5 Å². The van der Waals surface area contributed by atoms with Gasteiger partial charge in [-0.2, -0.15) is 0 Å². The molecule has 24 heavy (non-hydrogen) atoms. The highest BCUT2D eigenvalue weighted by Crippen LogP contribution is 2.49. The zero-order valence-electron chi connectivity index (χ0n) is 14.0. The predicted octanol–water partition coefficient (Wildman–Crippen LogP) is 4.26. The van der Waals surface area contributed by atoms with Gasteiger partial charge in [0.1, 0.15) is 5.75 Å². The van der Waals surface area contributed by atoms with Gasteiger partial charge in [-0.15, -0.1) is 0 Å². The largest absolute Gasteiger partial charge is 0.493 e. The smallest absolute Gasteiger partial charge is 0.226 e. The van der Waals surface area contributed by atoms with Crippen molar-refractivity contribution in [1.29, 1.82) is 0 Å². The Morgan fingerprint density at radius 3 is 2.58 bits per heavy atom.